The van der Waals surface area contributed by atoms with Crippen molar-refractivity contribution in [1.82, 2.24) is 23.9 Å². The van der Waals surface area contributed by atoms with E-state index in [9.17, 15) is 18.8 Å². The fourth-order valence-electron chi connectivity index (χ4n) is 4.34. The highest BCUT2D eigenvalue weighted by Crippen LogP contribution is 2.32. The van der Waals surface area contributed by atoms with Crippen LogP contribution in [0.4, 0.5) is 20.3 Å². The van der Waals surface area contributed by atoms with Crippen LogP contribution < -0.4 is 22.3 Å². The van der Waals surface area contributed by atoms with E-state index in [1.54, 1.807) is 50.2 Å². The summed E-state index contributed by atoms with van der Waals surface area (Å²) in [6.45, 7) is 3.42. The van der Waals surface area contributed by atoms with Gasteiger partial charge in [-0.05, 0) is 62.4 Å². The summed E-state index contributed by atoms with van der Waals surface area (Å²) in [5, 5.41) is 6.66. The van der Waals surface area contributed by atoms with Crippen molar-refractivity contribution < 1.29 is 13.6 Å². The first kappa shape index (κ1) is 27.2. The monoisotopic (exact) mass is 557 g/mol. The molecular weight excluding hydrogens is 532 g/mol. The molecule has 0 atom stereocenters. The molecule has 41 heavy (non-hydrogen) atoms. The maximum absolute atomic E-state index is 15.3. The van der Waals surface area contributed by atoms with E-state index in [0.29, 0.717) is 11.1 Å². The Morgan fingerprint density at radius 3 is 2.32 bits per heavy atom. The Bertz CT molecular complexity index is 1910. The highest BCUT2D eigenvalue weighted by molar-refractivity contribution is 6.04. The lowest BCUT2D eigenvalue weighted by molar-refractivity contribution is 0.102. The number of nitrogen functional groups attached to an aromatic ring is 1. The largest absolute Gasteiger partial charge is 0.383 e. The van der Waals surface area contributed by atoms with Crippen LogP contribution in [-0.4, -0.2) is 29.8 Å². The number of halogens is 2. The summed E-state index contributed by atoms with van der Waals surface area (Å²) < 4.78 is 32.4. The van der Waals surface area contributed by atoms with E-state index >= 15 is 4.39 Å². The lowest BCUT2D eigenvalue weighted by Gasteiger charge is -2.16. The zero-order chi connectivity index (χ0) is 29.4. The van der Waals surface area contributed by atoms with Crippen LogP contribution in [-0.2, 0) is 7.05 Å². The summed E-state index contributed by atoms with van der Waals surface area (Å²) in [7, 11) is 1.78. The molecule has 0 unspecified atom stereocenters. The Labute approximate surface area is 232 Å². The van der Waals surface area contributed by atoms with Gasteiger partial charge in [-0.2, -0.15) is 5.10 Å². The minimum absolute atomic E-state index is 0.0706. The van der Waals surface area contributed by atoms with Crippen molar-refractivity contribution in [1.29, 1.82) is 0 Å². The van der Waals surface area contributed by atoms with Crippen molar-refractivity contribution in [2.45, 2.75) is 19.9 Å². The molecule has 5 aromatic rings. The van der Waals surface area contributed by atoms with Crippen LogP contribution in [0.25, 0.3) is 27.9 Å². The van der Waals surface area contributed by atoms with Gasteiger partial charge in [0.2, 0.25) is 0 Å². The molecule has 0 bridgehead atoms. The molecule has 5 rings (SSSR count). The van der Waals surface area contributed by atoms with Crippen LogP contribution in [0.5, 0.6) is 0 Å². The van der Waals surface area contributed by atoms with Gasteiger partial charge in [-0.25, -0.2) is 23.1 Å². The topological polar surface area (TPSA) is 130 Å². The number of hydrogen-bond donors (Lipinski definition) is 2. The highest BCUT2D eigenvalue weighted by Gasteiger charge is 2.21. The second kappa shape index (κ2) is 10.6. The van der Waals surface area contributed by atoms with Gasteiger partial charge < -0.3 is 11.1 Å². The number of aromatic nitrogens is 5. The van der Waals surface area contributed by atoms with Crippen LogP contribution >= 0.6 is 0 Å². The predicted octanol–water partition coefficient (Wildman–Crippen LogP) is 4.16. The maximum atomic E-state index is 15.3. The van der Waals surface area contributed by atoms with Gasteiger partial charge in [0.1, 0.15) is 23.0 Å². The van der Waals surface area contributed by atoms with Crippen molar-refractivity contribution >= 4 is 17.4 Å². The second-order valence-electron chi connectivity index (χ2n) is 9.65. The van der Waals surface area contributed by atoms with Crippen LogP contribution in [0.15, 0.2) is 82.9 Å². The molecule has 12 heteroatoms. The van der Waals surface area contributed by atoms with Crippen molar-refractivity contribution in [2.75, 3.05) is 11.1 Å². The zero-order valence-corrected chi connectivity index (χ0v) is 22.3. The molecule has 0 aliphatic heterocycles. The summed E-state index contributed by atoms with van der Waals surface area (Å²) in [6, 6.07) is 10.0. The molecule has 208 valence electrons. The van der Waals surface area contributed by atoms with Crippen molar-refractivity contribution in [3.63, 3.8) is 0 Å². The average molecular weight is 558 g/mol. The van der Waals surface area contributed by atoms with Gasteiger partial charge in [0.15, 0.2) is 0 Å². The number of pyridine rings is 1. The third-order valence-corrected chi connectivity index (χ3v) is 6.47. The van der Waals surface area contributed by atoms with Crippen LogP contribution in [0, 0.1) is 11.6 Å². The Balaban J connectivity index is 1.49. The third kappa shape index (κ3) is 5.26. The SMILES string of the molecule is CC(C)n1cc(C(=O)Nc2ccc(-c3cc(-c4cnn(C)c4)cnc3N)c(F)c2)c(=O)n(-c2ccc(F)cc2)c1=O. The van der Waals surface area contributed by atoms with Crippen molar-refractivity contribution in [3.8, 4) is 27.9 Å². The molecule has 10 nitrogen and oxygen atoms in total. The standard InChI is InChI=1S/C29H25F2N7O3/c1-16(2)37-15-24(28(40)38(29(37)41)21-7-4-19(30)5-8-21)27(39)35-20-6-9-22(25(31)11-20)23-10-17(12-33-26(23)32)18-13-34-36(3)14-18/h4-16H,1-3H3,(H2,32,33)(H,35,39). The molecule has 3 heterocycles. The molecule has 2 aromatic carbocycles. The van der Waals surface area contributed by atoms with Crippen molar-refractivity contribution in [3.05, 3.63) is 111 Å². The number of benzene rings is 2. The van der Waals surface area contributed by atoms with E-state index in [-0.39, 0.29) is 28.3 Å². The molecule has 3 aromatic heterocycles. The number of amides is 1. The Morgan fingerprint density at radius 1 is 0.951 bits per heavy atom. The smallest absolute Gasteiger partial charge is 0.335 e. The number of nitrogens with one attached hydrogen (secondary N) is 1. The first-order valence-corrected chi connectivity index (χ1v) is 12.5. The maximum Gasteiger partial charge on any atom is 0.335 e. The molecular formula is C29H25F2N7O3. The van der Waals surface area contributed by atoms with Crippen LogP contribution in [0.2, 0.25) is 0 Å². The number of rotatable bonds is 6. The van der Waals surface area contributed by atoms with Crippen LogP contribution in [0.1, 0.15) is 30.2 Å². The van der Waals surface area contributed by atoms with E-state index in [2.05, 4.69) is 15.4 Å². The molecule has 1 amide bonds. The molecule has 0 radical (unpaired) electrons. The lowest BCUT2D eigenvalue weighted by Crippen LogP contribution is -2.42. The molecule has 0 spiro atoms. The summed E-state index contributed by atoms with van der Waals surface area (Å²) in [5.74, 6) is -1.97. The van der Waals surface area contributed by atoms with Gasteiger partial charge in [-0.15, -0.1) is 0 Å². The predicted molar refractivity (Wildman–Crippen MR) is 151 cm³/mol. The highest BCUT2D eigenvalue weighted by atomic mass is 19.1. The van der Waals surface area contributed by atoms with Gasteiger partial charge in [0.25, 0.3) is 11.5 Å². The molecule has 0 saturated carbocycles. The number of aryl methyl sites for hydroxylation is 1. The molecule has 0 fully saturated rings. The van der Waals surface area contributed by atoms with E-state index < -0.39 is 34.8 Å². The second-order valence-corrected chi connectivity index (χ2v) is 9.65. The quantitative estimate of drug-likeness (QED) is 0.323. The number of hydrogen-bond acceptors (Lipinski definition) is 6. The zero-order valence-electron chi connectivity index (χ0n) is 22.3. The third-order valence-electron chi connectivity index (χ3n) is 6.47. The van der Waals surface area contributed by atoms with Gasteiger partial charge >= 0.3 is 5.69 Å². The average Bonchev–Trinajstić information content (AvgIpc) is 3.36. The fourth-order valence-corrected chi connectivity index (χ4v) is 4.34. The summed E-state index contributed by atoms with van der Waals surface area (Å²) in [5.41, 5.74) is 6.25. The fraction of sp³-hybridized carbons (Fsp3) is 0.138. The Kier molecular flexibility index (Phi) is 7.06. The number of nitrogens with zero attached hydrogens (tertiary/aromatic N) is 5. The van der Waals surface area contributed by atoms with E-state index in [1.807, 2.05) is 0 Å². The summed E-state index contributed by atoms with van der Waals surface area (Å²) in [4.78, 5) is 43.7. The normalized spacial score (nSPS) is 11.2. The van der Waals surface area contributed by atoms with Gasteiger partial charge in [-0.3, -0.25) is 18.8 Å². The minimum atomic E-state index is -0.904. The van der Waals surface area contributed by atoms with E-state index in [4.69, 9.17) is 5.73 Å². The van der Waals surface area contributed by atoms with Crippen molar-refractivity contribution in [2.24, 2.45) is 7.05 Å². The molecule has 0 saturated heterocycles. The summed E-state index contributed by atoms with van der Waals surface area (Å²) >= 11 is 0. The number of carbonyl (C=O) groups excluding carboxylic acids is 1. The molecule has 3 N–H and O–H groups in total. The minimum Gasteiger partial charge on any atom is -0.383 e. The van der Waals surface area contributed by atoms with Gasteiger partial charge in [0.05, 0.1) is 11.9 Å². The van der Waals surface area contributed by atoms with E-state index in [0.717, 1.165) is 34.5 Å². The summed E-state index contributed by atoms with van der Waals surface area (Å²) in [6.07, 6.45) is 6.17. The number of anilines is 2. The number of carbonyl (C=O) groups is 1. The first-order valence-electron chi connectivity index (χ1n) is 12.5. The van der Waals surface area contributed by atoms with Gasteiger partial charge in [0, 0.05) is 59.6 Å². The number of nitrogens with two attached hydrogens (primary N) is 1. The lowest BCUT2D eigenvalue weighted by atomic mass is 10.0. The molecule has 0 aliphatic rings. The van der Waals surface area contributed by atoms with Crippen LogP contribution in [0.3, 0.4) is 0 Å². The Hall–Kier alpha value is -5.39. The molecule has 0 aliphatic carbocycles. The van der Waals surface area contributed by atoms with E-state index in [1.165, 1.54) is 28.8 Å². The Morgan fingerprint density at radius 2 is 1.68 bits per heavy atom. The van der Waals surface area contributed by atoms with Gasteiger partial charge in [-0.1, -0.05) is 0 Å². The first-order chi connectivity index (χ1) is 19.5.